The van der Waals surface area contributed by atoms with E-state index >= 15 is 0 Å². The van der Waals surface area contributed by atoms with Gasteiger partial charge in [0.05, 0.1) is 11.3 Å². The molecule has 0 aliphatic heterocycles. The number of rotatable bonds is 7. The van der Waals surface area contributed by atoms with E-state index in [0.29, 0.717) is 6.42 Å². The van der Waals surface area contributed by atoms with Crippen LogP contribution in [0.25, 0.3) is 0 Å². The molecular formula is C12H23N3O4. The minimum absolute atomic E-state index is 0.0675. The van der Waals surface area contributed by atoms with E-state index in [2.05, 4.69) is 16.0 Å². The summed E-state index contributed by atoms with van der Waals surface area (Å²) in [5.74, 6) is -1.71. The number of nitrogens with one attached hydrogen (secondary N) is 3. The summed E-state index contributed by atoms with van der Waals surface area (Å²) in [7, 11) is 1.53. The molecule has 0 saturated carbocycles. The molecule has 0 bridgehead atoms. The molecule has 3 amide bonds. The van der Waals surface area contributed by atoms with Crippen molar-refractivity contribution in [2.45, 2.75) is 27.2 Å². The maximum Gasteiger partial charge on any atom is 0.314 e. The minimum atomic E-state index is -0.937. The van der Waals surface area contributed by atoms with E-state index < -0.39 is 23.3 Å². The zero-order valence-corrected chi connectivity index (χ0v) is 11.9. The highest BCUT2D eigenvalue weighted by molar-refractivity contribution is 5.83. The predicted octanol–water partition coefficient (Wildman–Crippen LogP) is 0.169. The molecule has 7 heteroatoms. The first-order valence-electron chi connectivity index (χ1n) is 6.21. The first-order chi connectivity index (χ1) is 8.74. The largest absolute Gasteiger partial charge is 0.481 e. The number of hydrogen-bond acceptors (Lipinski definition) is 3. The molecule has 1 atom stereocenters. The van der Waals surface area contributed by atoms with Gasteiger partial charge in [-0.1, -0.05) is 6.92 Å². The molecule has 0 aromatic carbocycles. The molecule has 0 aliphatic rings. The van der Waals surface area contributed by atoms with Gasteiger partial charge in [0, 0.05) is 20.1 Å². The van der Waals surface area contributed by atoms with Gasteiger partial charge in [-0.3, -0.25) is 9.59 Å². The molecular weight excluding hydrogens is 250 g/mol. The lowest BCUT2D eigenvalue weighted by Gasteiger charge is -2.23. The maximum absolute atomic E-state index is 11.5. The molecule has 19 heavy (non-hydrogen) atoms. The van der Waals surface area contributed by atoms with Gasteiger partial charge in [0.2, 0.25) is 5.91 Å². The highest BCUT2D eigenvalue weighted by atomic mass is 16.4. The lowest BCUT2D eigenvalue weighted by atomic mass is 9.92. The number of carboxylic acids is 1. The van der Waals surface area contributed by atoms with E-state index in [1.165, 1.54) is 7.05 Å². The van der Waals surface area contributed by atoms with Crippen LogP contribution in [0.15, 0.2) is 0 Å². The molecule has 0 aliphatic carbocycles. The van der Waals surface area contributed by atoms with Crippen LogP contribution in [0.2, 0.25) is 0 Å². The van der Waals surface area contributed by atoms with E-state index in [1.807, 2.05) is 0 Å². The molecule has 1 unspecified atom stereocenters. The summed E-state index contributed by atoms with van der Waals surface area (Å²) in [6, 6.07) is -0.475. The maximum atomic E-state index is 11.5. The van der Waals surface area contributed by atoms with E-state index in [9.17, 15) is 14.4 Å². The average molecular weight is 273 g/mol. The van der Waals surface area contributed by atoms with E-state index in [1.54, 1.807) is 20.8 Å². The van der Waals surface area contributed by atoms with Gasteiger partial charge in [0.15, 0.2) is 0 Å². The topological polar surface area (TPSA) is 108 Å². The van der Waals surface area contributed by atoms with E-state index in [-0.39, 0.29) is 19.0 Å². The summed E-state index contributed by atoms with van der Waals surface area (Å²) in [5, 5.41) is 16.4. The number of urea groups is 1. The van der Waals surface area contributed by atoms with Crippen LogP contribution in [0.3, 0.4) is 0 Å². The third-order valence-electron chi connectivity index (χ3n) is 2.88. The van der Waals surface area contributed by atoms with Crippen molar-refractivity contribution in [2.24, 2.45) is 11.3 Å². The number of carbonyl (C=O) groups excluding carboxylic acids is 2. The zero-order chi connectivity index (χ0) is 15.1. The molecule has 0 saturated heterocycles. The summed E-state index contributed by atoms with van der Waals surface area (Å²) < 4.78 is 0. The first-order valence-corrected chi connectivity index (χ1v) is 6.21. The number of carboxylic acid groups (broad SMARTS) is 1. The van der Waals surface area contributed by atoms with Crippen LogP contribution in [0.1, 0.15) is 27.2 Å². The third kappa shape index (κ3) is 6.08. The van der Waals surface area contributed by atoms with Crippen molar-refractivity contribution in [3.8, 4) is 0 Å². The van der Waals surface area contributed by atoms with Gasteiger partial charge in [-0.25, -0.2) is 4.79 Å². The monoisotopic (exact) mass is 273 g/mol. The number of carbonyl (C=O) groups is 3. The third-order valence-corrected chi connectivity index (χ3v) is 2.88. The Morgan fingerprint density at radius 2 is 1.79 bits per heavy atom. The van der Waals surface area contributed by atoms with Gasteiger partial charge < -0.3 is 21.1 Å². The van der Waals surface area contributed by atoms with Crippen molar-refractivity contribution >= 4 is 17.9 Å². The van der Waals surface area contributed by atoms with E-state index in [0.717, 1.165) is 0 Å². The van der Waals surface area contributed by atoms with Crippen LogP contribution in [0.5, 0.6) is 0 Å². The molecule has 0 rings (SSSR count). The average Bonchev–Trinajstić information content (AvgIpc) is 2.35. The Hall–Kier alpha value is -1.79. The summed E-state index contributed by atoms with van der Waals surface area (Å²) in [6.07, 6.45) is 0.444. The first kappa shape index (κ1) is 17.2. The Morgan fingerprint density at radius 1 is 1.21 bits per heavy atom. The molecule has 0 spiro atoms. The van der Waals surface area contributed by atoms with Crippen LogP contribution in [-0.4, -0.2) is 43.2 Å². The second-order valence-electron chi connectivity index (χ2n) is 4.97. The molecule has 110 valence electrons. The van der Waals surface area contributed by atoms with Crippen LogP contribution in [0.4, 0.5) is 4.79 Å². The van der Waals surface area contributed by atoms with Gasteiger partial charge in [-0.05, 0) is 20.3 Å². The predicted molar refractivity (Wildman–Crippen MR) is 70.7 cm³/mol. The quantitative estimate of drug-likeness (QED) is 0.530. The van der Waals surface area contributed by atoms with Gasteiger partial charge in [0.1, 0.15) is 0 Å². The van der Waals surface area contributed by atoms with Crippen molar-refractivity contribution < 1.29 is 19.5 Å². The van der Waals surface area contributed by atoms with Crippen molar-refractivity contribution in [1.29, 1.82) is 0 Å². The second kappa shape index (κ2) is 7.60. The van der Waals surface area contributed by atoms with Crippen LogP contribution >= 0.6 is 0 Å². The van der Waals surface area contributed by atoms with Gasteiger partial charge >= 0.3 is 12.0 Å². The second-order valence-corrected chi connectivity index (χ2v) is 4.97. The molecule has 0 radical (unpaired) electrons. The summed E-state index contributed by atoms with van der Waals surface area (Å²) in [5.41, 5.74) is -0.719. The Bertz CT molecular complexity index is 342. The summed E-state index contributed by atoms with van der Waals surface area (Å²) >= 11 is 0. The SMILES string of the molecule is CCC(CNC(=O)NCC(C)(C)C(=O)NC)C(=O)O. The normalized spacial score (nSPS) is 12.4. The lowest BCUT2D eigenvalue weighted by Crippen LogP contribution is -2.47. The van der Waals surface area contributed by atoms with Crippen LogP contribution < -0.4 is 16.0 Å². The Kier molecular flexibility index (Phi) is 6.89. The van der Waals surface area contributed by atoms with E-state index in [4.69, 9.17) is 5.11 Å². The lowest BCUT2D eigenvalue weighted by molar-refractivity contribution is -0.141. The van der Waals surface area contributed by atoms with Crippen molar-refractivity contribution in [2.75, 3.05) is 20.1 Å². The highest BCUT2D eigenvalue weighted by Gasteiger charge is 2.27. The minimum Gasteiger partial charge on any atom is -0.481 e. The summed E-state index contributed by atoms with van der Waals surface area (Å²) in [4.78, 5) is 33.7. The molecule has 0 aromatic heterocycles. The number of aliphatic carboxylic acids is 1. The molecule has 0 fully saturated rings. The molecule has 7 nitrogen and oxygen atoms in total. The van der Waals surface area contributed by atoms with Crippen molar-refractivity contribution in [3.63, 3.8) is 0 Å². The van der Waals surface area contributed by atoms with Crippen LogP contribution in [0, 0.1) is 11.3 Å². The Morgan fingerprint density at radius 3 is 2.21 bits per heavy atom. The van der Waals surface area contributed by atoms with Crippen molar-refractivity contribution in [1.82, 2.24) is 16.0 Å². The smallest absolute Gasteiger partial charge is 0.314 e. The van der Waals surface area contributed by atoms with Crippen LogP contribution in [-0.2, 0) is 9.59 Å². The molecule has 0 heterocycles. The Balaban J connectivity index is 4.13. The van der Waals surface area contributed by atoms with Crippen molar-refractivity contribution in [3.05, 3.63) is 0 Å². The highest BCUT2D eigenvalue weighted by Crippen LogP contribution is 2.12. The number of amides is 3. The van der Waals surface area contributed by atoms with Gasteiger partial charge in [-0.2, -0.15) is 0 Å². The zero-order valence-electron chi connectivity index (χ0n) is 11.9. The standard InChI is InChI=1S/C12H23N3O4/c1-5-8(9(16)17)6-14-11(19)15-7-12(2,3)10(18)13-4/h8H,5-7H2,1-4H3,(H,13,18)(H,16,17)(H2,14,15,19). The number of hydrogen-bond donors (Lipinski definition) is 4. The molecule has 0 aromatic rings. The fraction of sp³-hybridized carbons (Fsp3) is 0.750. The molecule has 4 N–H and O–H groups in total. The fourth-order valence-electron chi connectivity index (χ4n) is 1.40. The van der Waals surface area contributed by atoms with Gasteiger partial charge in [0.25, 0.3) is 0 Å². The summed E-state index contributed by atoms with van der Waals surface area (Å²) in [6.45, 7) is 5.39. The Labute approximate surface area is 113 Å². The fourth-order valence-corrected chi connectivity index (χ4v) is 1.40. The van der Waals surface area contributed by atoms with Gasteiger partial charge in [-0.15, -0.1) is 0 Å².